The molecule has 0 heterocycles. The van der Waals surface area contributed by atoms with Gasteiger partial charge in [0, 0.05) is 0 Å². The van der Waals surface area contributed by atoms with Crippen LogP contribution in [0.1, 0.15) is 82.8 Å². The van der Waals surface area contributed by atoms with E-state index in [1.54, 1.807) is 7.69 Å². The van der Waals surface area contributed by atoms with E-state index in [0.29, 0.717) is 4.22 Å². The van der Waals surface area contributed by atoms with Gasteiger partial charge in [-0.05, 0) is 0 Å². The second kappa shape index (κ2) is 15.5. The summed E-state index contributed by atoms with van der Waals surface area (Å²) in [7, 11) is 0. The summed E-state index contributed by atoms with van der Waals surface area (Å²) in [6, 6.07) is 59.5. The van der Waals surface area contributed by atoms with Crippen LogP contribution in [0.4, 0.5) is 0 Å². The molecule has 0 bridgehead atoms. The Morgan fingerprint density at radius 1 is 0.500 bits per heavy atom. The first kappa shape index (κ1) is 37.7. The van der Waals surface area contributed by atoms with Gasteiger partial charge in [-0.1, -0.05) is 0 Å². The van der Waals surface area contributed by atoms with E-state index in [4.69, 9.17) is 0 Å². The average Bonchev–Trinajstić information content (AvgIpc) is 3.82. The van der Waals surface area contributed by atoms with Crippen LogP contribution in [-0.4, -0.2) is 3.81 Å². The quantitative estimate of drug-likeness (QED) is 0.164. The Hall–Kier alpha value is -4.04. The molecule has 0 aromatic heterocycles. The van der Waals surface area contributed by atoms with Gasteiger partial charge in [0.15, 0.2) is 0 Å². The maximum absolute atomic E-state index is 2.60. The van der Waals surface area contributed by atoms with Gasteiger partial charge in [0.2, 0.25) is 0 Å². The largest absolute Gasteiger partial charge is 1.00 e. The van der Waals surface area contributed by atoms with E-state index in [1.807, 2.05) is 0 Å². The molecule has 6 aromatic rings. The first-order valence-electron chi connectivity index (χ1n) is 18.0. The predicted molar refractivity (Wildman–Crippen MR) is 209 cm³/mol. The van der Waals surface area contributed by atoms with E-state index in [2.05, 4.69) is 204 Å². The summed E-state index contributed by atoms with van der Waals surface area (Å²) in [5.74, 6) is 0. The third-order valence-electron chi connectivity index (χ3n) is 11.2. The number of hydrogen-bond acceptors (Lipinski definition) is 0. The van der Waals surface area contributed by atoms with Gasteiger partial charge >= 0.3 is 306 Å². The van der Waals surface area contributed by atoms with Crippen LogP contribution in [0.15, 0.2) is 180 Å². The van der Waals surface area contributed by atoms with Crippen LogP contribution in [0.2, 0.25) is 0 Å². The molecule has 2 aliphatic carbocycles. The molecule has 6 aromatic carbocycles. The minimum atomic E-state index is -2.38. The Morgan fingerprint density at radius 2 is 0.904 bits per heavy atom. The van der Waals surface area contributed by atoms with E-state index >= 15 is 0 Å². The fourth-order valence-corrected chi connectivity index (χ4v) is 13.9. The van der Waals surface area contributed by atoms with Crippen molar-refractivity contribution in [2.45, 2.75) is 49.2 Å². The molecule has 0 saturated carbocycles. The van der Waals surface area contributed by atoms with E-state index in [1.165, 1.54) is 55.6 Å². The van der Waals surface area contributed by atoms with Crippen molar-refractivity contribution in [2.24, 2.45) is 0 Å². The number of allylic oxidation sites excluding steroid dienone is 4. The maximum Gasteiger partial charge on any atom is -1.00 e. The molecular formula is C49H44Cl2Ti. The number of hydrogen-bond donors (Lipinski definition) is 0. The molecule has 0 atom stereocenters. The minimum absolute atomic E-state index is 0. The summed E-state index contributed by atoms with van der Waals surface area (Å²) in [6.45, 7) is 9.53. The Balaban J connectivity index is 0.00000232. The molecule has 0 unspecified atom stereocenters. The zero-order valence-electron chi connectivity index (χ0n) is 30.3. The van der Waals surface area contributed by atoms with E-state index in [-0.39, 0.29) is 35.6 Å². The molecule has 0 fully saturated rings. The molecule has 0 nitrogen and oxygen atoms in total. The van der Waals surface area contributed by atoms with Gasteiger partial charge in [-0.3, -0.25) is 0 Å². The molecule has 0 amide bonds. The number of fused-ring (bicyclic) bond motifs is 3. The van der Waals surface area contributed by atoms with Crippen molar-refractivity contribution in [3.8, 4) is 11.1 Å². The molecule has 0 spiro atoms. The summed E-state index contributed by atoms with van der Waals surface area (Å²) >= 11 is -2.38. The Morgan fingerprint density at radius 3 is 1.29 bits per heavy atom. The van der Waals surface area contributed by atoms with E-state index in [9.17, 15) is 0 Å². The molecule has 0 aliphatic heterocycles. The van der Waals surface area contributed by atoms with Gasteiger partial charge in [-0.25, -0.2) is 0 Å². The topological polar surface area (TPSA) is 0 Å². The van der Waals surface area contributed by atoms with Gasteiger partial charge in [0.1, 0.15) is 0 Å². The molecule has 52 heavy (non-hydrogen) atoms. The third kappa shape index (κ3) is 6.79. The van der Waals surface area contributed by atoms with Gasteiger partial charge in [-0.15, -0.1) is 0 Å². The Bertz CT molecular complexity index is 2120. The Kier molecular flexibility index (Phi) is 11.3. The van der Waals surface area contributed by atoms with Crippen LogP contribution in [-0.2, 0) is 28.2 Å². The number of rotatable bonds is 8. The van der Waals surface area contributed by atoms with Crippen LogP contribution in [0, 0.1) is 0 Å². The van der Waals surface area contributed by atoms with E-state index in [0.717, 1.165) is 6.42 Å². The molecular weight excluding hydrogens is 707 g/mol. The first-order chi connectivity index (χ1) is 24.3. The van der Waals surface area contributed by atoms with Crippen molar-refractivity contribution in [3.63, 3.8) is 0 Å². The van der Waals surface area contributed by atoms with Crippen LogP contribution in [0.3, 0.4) is 0 Å². The zero-order chi connectivity index (χ0) is 34.3. The molecule has 0 saturated heterocycles. The summed E-state index contributed by atoms with van der Waals surface area (Å²) in [6.07, 6.45) is 8.17. The van der Waals surface area contributed by atoms with Crippen LogP contribution in [0.5, 0.6) is 0 Å². The first-order valence-corrected chi connectivity index (χ1v) is 20.4. The van der Waals surface area contributed by atoms with Gasteiger partial charge in [-0.2, -0.15) is 0 Å². The minimum Gasteiger partial charge on any atom is -1.00 e. The summed E-state index contributed by atoms with van der Waals surface area (Å²) in [5.41, 5.74) is 13.7. The van der Waals surface area contributed by atoms with Crippen molar-refractivity contribution < 1.29 is 42.2 Å². The normalized spacial score (nSPS) is 13.2. The van der Waals surface area contributed by atoms with Crippen LogP contribution < -0.4 is 24.8 Å². The fourth-order valence-electron chi connectivity index (χ4n) is 8.22. The summed E-state index contributed by atoms with van der Waals surface area (Å²) in [4.78, 5) is 0. The maximum atomic E-state index is 2.60. The molecule has 258 valence electrons. The summed E-state index contributed by atoms with van der Waals surface area (Å²) < 4.78 is 3.50. The van der Waals surface area contributed by atoms with Crippen molar-refractivity contribution >= 4 is 3.81 Å². The van der Waals surface area contributed by atoms with Crippen molar-refractivity contribution in [1.82, 2.24) is 0 Å². The monoisotopic (exact) mass is 750 g/mol. The molecule has 2 aliphatic rings. The summed E-state index contributed by atoms with van der Waals surface area (Å²) in [5, 5.41) is 0. The molecule has 8 rings (SSSR count). The molecule has 3 heteroatoms. The fraction of sp³-hybridized carbons (Fsp3) is 0.163. The van der Waals surface area contributed by atoms with Crippen molar-refractivity contribution in [2.75, 3.05) is 0 Å². The van der Waals surface area contributed by atoms with Crippen LogP contribution in [0.25, 0.3) is 11.1 Å². The second-order valence-corrected chi connectivity index (χ2v) is 18.8. The van der Waals surface area contributed by atoms with Crippen LogP contribution >= 0.6 is 0 Å². The predicted octanol–water partition coefficient (Wildman–Crippen LogP) is 6.15. The van der Waals surface area contributed by atoms with E-state index < -0.39 is 17.4 Å². The average molecular weight is 752 g/mol. The smallest absolute Gasteiger partial charge is 1.00 e. The van der Waals surface area contributed by atoms with Gasteiger partial charge in [0.05, 0.1) is 0 Å². The Labute approximate surface area is 328 Å². The molecule has 0 N–H and O–H groups in total. The third-order valence-corrected chi connectivity index (χ3v) is 16.5. The number of benzene rings is 6. The molecule has 0 radical (unpaired) electrons. The standard InChI is InChI=1S/C31H29.C13H10.C5H5.2ClH.Ti/c1-30(2,24-11-7-5-8-12-24)26-15-17-28-22(20-26)19-23-21-27(16-18-29(23)28)31(3,4)25-13-9-6-10-14-25;1-3-7-12(8-4-1)11-13-9-5-2-6-10-13;1-2-4-5-3-1;;;/h5-21H,1-4H3;1-10H;1-3H,4H2;2*1H;/q;;;;;+2/p-2. The van der Waals surface area contributed by atoms with Gasteiger partial charge in [0.25, 0.3) is 0 Å². The van der Waals surface area contributed by atoms with Crippen molar-refractivity contribution in [3.05, 3.63) is 224 Å². The van der Waals surface area contributed by atoms with Gasteiger partial charge < -0.3 is 24.8 Å². The number of halogens is 2. The zero-order valence-corrected chi connectivity index (χ0v) is 33.4. The second-order valence-electron chi connectivity index (χ2n) is 14.9. The SMILES string of the molecule is CC(C)(c1ccccc1)c1ccc2c(c1)[CH]([Ti+2]([C]1=CC=CC1)=[C](c1ccccc1)c1ccccc1)c1cc(C(C)(C)c3ccccc3)ccc1-2.[Cl-].[Cl-]. The van der Waals surface area contributed by atoms with Crippen molar-refractivity contribution in [1.29, 1.82) is 0 Å².